The van der Waals surface area contributed by atoms with E-state index in [4.69, 9.17) is 12.6 Å². The molecule has 0 bridgehead atoms. The van der Waals surface area contributed by atoms with Gasteiger partial charge in [0.15, 0.2) is 5.82 Å². The monoisotopic (exact) mass is 440 g/mol. The lowest BCUT2D eigenvalue weighted by atomic mass is 9.94. The van der Waals surface area contributed by atoms with Gasteiger partial charge in [-0.15, -0.1) is 12.6 Å². The summed E-state index contributed by atoms with van der Waals surface area (Å²) in [6, 6.07) is 6.59. The molecule has 2 rings (SSSR count). The number of thiol groups is 1. The number of rotatable bonds is 16. The van der Waals surface area contributed by atoms with Gasteiger partial charge < -0.3 is 0 Å². The van der Waals surface area contributed by atoms with E-state index < -0.39 is 0 Å². The van der Waals surface area contributed by atoms with Gasteiger partial charge in [0.1, 0.15) is 0 Å². The van der Waals surface area contributed by atoms with Gasteiger partial charge >= 0.3 is 0 Å². The number of aryl methyl sites for hydroxylation is 1. The largest absolute Gasteiger partial charge is 0.236 e. The Morgan fingerprint density at radius 2 is 1.35 bits per heavy atom. The van der Waals surface area contributed by atoms with E-state index in [1.54, 1.807) is 0 Å². The predicted octanol–water partition coefficient (Wildman–Crippen LogP) is 9.19. The van der Waals surface area contributed by atoms with E-state index in [1.165, 1.54) is 94.6 Å². The molecule has 1 heterocycles. The predicted molar refractivity (Wildman–Crippen MR) is 138 cm³/mol. The number of nitrogens with zero attached hydrogens (tertiary/aromatic N) is 2. The molecule has 1 aromatic carbocycles. The van der Waals surface area contributed by atoms with Crippen LogP contribution in [0.1, 0.15) is 121 Å². The maximum Gasteiger partial charge on any atom is 0.160 e. The third-order valence-electron chi connectivity index (χ3n) is 6.35. The normalized spacial score (nSPS) is 12.3. The molecule has 31 heavy (non-hydrogen) atoms. The second-order valence-electron chi connectivity index (χ2n) is 9.17. The molecule has 0 saturated carbocycles. The fraction of sp³-hybridized carbons (Fsp3) is 0.643. The summed E-state index contributed by atoms with van der Waals surface area (Å²) in [6.45, 7) is 6.86. The molecule has 0 spiro atoms. The highest BCUT2D eigenvalue weighted by Crippen LogP contribution is 2.30. The molecule has 1 aromatic heterocycles. The second-order valence-corrected chi connectivity index (χ2v) is 9.65. The topological polar surface area (TPSA) is 25.8 Å². The number of benzene rings is 1. The lowest BCUT2D eigenvalue weighted by molar-refractivity contribution is 0.575. The van der Waals surface area contributed by atoms with Gasteiger partial charge in [-0.2, -0.15) is 0 Å². The smallest absolute Gasteiger partial charge is 0.160 e. The average molecular weight is 441 g/mol. The van der Waals surface area contributed by atoms with Crippen molar-refractivity contribution in [1.82, 2.24) is 9.97 Å². The van der Waals surface area contributed by atoms with Crippen LogP contribution < -0.4 is 0 Å². The molecule has 1 atom stereocenters. The summed E-state index contributed by atoms with van der Waals surface area (Å²) < 4.78 is 0. The Labute approximate surface area is 197 Å². The van der Waals surface area contributed by atoms with Crippen molar-refractivity contribution < 1.29 is 0 Å². The Morgan fingerprint density at radius 1 is 0.774 bits per heavy atom. The van der Waals surface area contributed by atoms with Crippen LogP contribution in [0.5, 0.6) is 0 Å². The van der Waals surface area contributed by atoms with Crippen molar-refractivity contribution in [3.8, 4) is 11.4 Å². The van der Waals surface area contributed by atoms with Crippen molar-refractivity contribution >= 4 is 12.6 Å². The van der Waals surface area contributed by atoms with Crippen LogP contribution in [0.15, 0.2) is 35.5 Å². The molecular formula is C28H44N2S. The number of hydrogen-bond donors (Lipinski definition) is 1. The molecule has 0 fully saturated rings. The lowest BCUT2D eigenvalue weighted by Crippen LogP contribution is -1.97. The molecule has 1 unspecified atom stereocenters. The van der Waals surface area contributed by atoms with Crippen LogP contribution >= 0.6 is 12.6 Å². The first-order valence-electron chi connectivity index (χ1n) is 12.8. The van der Waals surface area contributed by atoms with Crippen LogP contribution in [0.3, 0.4) is 0 Å². The van der Waals surface area contributed by atoms with Crippen molar-refractivity contribution in [2.24, 2.45) is 0 Å². The molecule has 0 saturated heterocycles. The lowest BCUT2D eigenvalue weighted by Gasteiger charge is -2.14. The van der Waals surface area contributed by atoms with Gasteiger partial charge in [0.05, 0.1) is 0 Å². The van der Waals surface area contributed by atoms with E-state index in [1.807, 2.05) is 12.4 Å². The zero-order valence-electron chi connectivity index (χ0n) is 20.2. The Balaban J connectivity index is 1.80. The van der Waals surface area contributed by atoms with Crippen molar-refractivity contribution in [1.29, 1.82) is 0 Å². The standard InChI is InChI=1S/C28H44N2S/c1-4-6-8-10-11-12-13-15-17-24-21-29-28(30-22-24)26-19-18-25(20-27(26)31)23(3)16-14-9-7-5-2/h18-23,31H,4-17H2,1-3H3. The molecule has 2 nitrogen and oxygen atoms in total. The zero-order chi connectivity index (χ0) is 22.3. The minimum atomic E-state index is 0.576. The third kappa shape index (κ3) is 9.76. The fourth-order valence-electron chi connectivity index (χ4n) is 4.17. The molecule has 2 aromatic rings. The SMILES string of the molecule is CCCCCCCCCCc1cnc(-c2ccc(C(C)CCCCCC)cc2S)nc1. The highest BCUT2D eigenvalue weighted by molar-refractivity contribution is 7.80. The van der Waals surface area contributed by atoms with Crippen LogP contribution in [0, 0.1) is 0 Å². The van der Waals surface area contributed by atoms with Gasteiger partial charge in [-0.1, -0.05) is 97.5 Å². The Hall–Kier alpha value is -1.35. The van der Waals surface area contributed by atoms with Gasteiger partial charge in [-0.3, -0.25) is 0 Å². The highest BCUT2D eigenvalue weighted by Gasteiger charge is 2.11. The van der Waals surface area contributed by atoms with E-state index in [0.29, 0.717) is 5.92 Å². The van der Waals surface area contributed by atoms with E-state index in [-0.39, 0.29) is 0 Å². The van der Waals surface area contributed by atoms with Gasteiger partial charge in [0.2, 0.25) is 0 Å². The Morgan fingerprint density at radius 3 is 1.97 bits per heavy atom. The molecular weight excluding hydrogens is 396 g/mol. The number of aromatic nitrogens is 2. The third-order valence-corrected chi connectivity index (χ3v) is 6.72. The summed E-state index contributed by atoms with van der Waals surface area (Å²) in [4.78, 5) is 10.3. The first kappa shape index (κ1) is 25.9. The second kappa shape index (κ2) is 15.5. The van der Waals surface area contributed by atoms with Gasteiger partial charge in [0, 0.05) is 22.9 Å². The van der Waals surface area contributed by atoms with Crippen molar-refractivity contribution in [2.45, 2.75) is 121 Å². The summed E-state index contributed by atoms with van der Waals surface area (Å²) in [6.07, 6.45) is 22.4. The average Bonchev–Trinajstić information content (AvgIpc) is 2.79. The maximum atomic E-state index is 4.75. The maximum absolute atomic E-state index is 4.75. The molecule has 0 aliphatic heterocycles. The summed E-state index contributed by atoms with van der Waals surface area (Å²) in [7, 11) is 0. The van der Waals surface area contributed by atoms with Crippen molar-refractivity contribution in [3.05, 3.63) is 41.7 Å². The fourth-order valence-corrected chi connectivity index (χ4v) is 4.50. The van der Waals surface area contributed by atoms with E-state index in [9.17, 15) is 0 Å². The van der Waals surface area contributed by atoms with Crippen LogP contribution in [0.4, 0.5) is 0 Å². The summed E-state index contributed by atoms with van der Waals surface area (Å²) in [5.74, 6) is 1.36. The molecule has 0 aliphatic rings. The van der Waals surface area contributed by atoms with E-state index >= 15 is 0 Å². The first-order valence-corrected chi connectivity index (χ1v) is 13.2. The Kier molecular flexibility index (Phi) is 12.9. The number of hydrogen-bond acceptors (Lipinski definition) is 3. The molecule has 3 heteroatoms. The minimum Gasteiger partial charge on any atom is -0.236 e. The van der Waals surface area contributed by atoms with Crippen LogP contribution in [-0.2, 0) is 6.42 Å². The minimum absolute atomic E-state index is 0.576. The molecule has 0 amide bonds. The quantitative estimate of drug-likeness (QED) is 0.208. The van der Waals surface area contributed by atoms with Crippen LogP contribution in [-0.4, -0.2) is 9.97 Å². The van der Waals surface area contributed by atoms with Gasteiger partial charge in [0.25, 0.3) is 0 Å². The highest BCUT2D eigenvalue weighted by atomic mass is 32.1. The van der Waals surface area contributed by atoms with E-state index in [0.717, 1.165) is 22.7 Å². The van der Waals surface area contributed by atoms with Crippen molar-refractivity contribution in [2.75, 3.05) is 0 Å². The molecule has 0 aliphatic carbocycles. The van der Waals surface area contributed by atoms with Crippen molar-refractivity contribution in [3.63, 3.8) is 0 Å². The molecule has 0 N–H and O–H groups in total. The summed E-state index contributed by atoms with van der Waals surface area (Å²) in [5, 5.41) is 0. The van der Waals surface area contributed by atoms with Crippen LogP contribution in [0.25, 0.3) is 11.4 Å². The molecule has 0 radical (unpaired) electrons. The summed E-state index contributed by atoms with van der Waals surface area (Å²) in [5.41, 5.74) is 3.65. The summed E-state index contributed by atoms with van der Waals surface area (Å²) >= 11 is 4.75. The number of unbranched alkanes of at least 4 members (excludes halogenated alkanes) is 10. The van der Waals surface area contributed by atoms with Gasteiger partial charge in [-0.05, 0) is 48.4 Å². The first-order chi connectivity index (χ1) is 15.2. The van der Waals surface area contributed by atoms with Crippen LogP contribution in [0.2, 0.25) is 0 Å². The Bertz CT molecular complexity index is 726. The van der Waals surface area contributed by atoms with E-state index in [2.05, 4.69) is 48.9 Å². The van der Waals surface area contributed by atoms with Gasteiger partial charge in [-0.25, -0.2) is 9.97 Å². The molecule has 172 valence electrons. The zero-order valence-corrected chi connectivity index (χ0v) is 21.1.